The Morgan fingerprint density at radius 3 is 2.62 bits per heavy atom. The van der Waals surface area contributed by atoms with E-state index in [0.29, 0.717) is 24.6 Å². The fourth-order valence-corrected chi connectivity index (χ4v) is 7.40. The van der Waals surface area contributed by atoms with Gasteiger partial charge in [0, 0.05) is 25.6 Å². The number of fused-ring (bicyclic) bond motifs is 1. The summed E-state index contributed by atoms with van der Waals surface area (Å²) in [5, 5.41) is 11.6. The molecule has 0 bridgehead atoms. The lowest BCUT2D eigenvalue weighted by Crippen LogP contribution is -2.50. The Hall–Kier alpha value is -2.14. The minimum absolute atomic E-state index is 0.0399. The van der Waals surface area contributed by atoms with Gasteiger partial charge in [0.15, 0.2) is 5.75 Å². The van der Waals surface area contributed by atoms with Gasteiger partial charge in [-0.3, -0.25) is 9.52 Å². The number of sulfonamides is 1. The molecule has 10 heteroatoms. The minimum atomic E-state index is -3.84. The van der Waals surface area contributed by atoms with Crippen LogP contribution in [0.4, 0.5) is 5.69 Å². The van der Waals surface area contributed by atoms with Gasteiger partial charge in [-0.2, -0.15) is 0 Å². The number of carbonyl (C=O) groups excluding carboxylic acids is 1. The van der Waals surface area contributed by atoms with E-state index in [2.05, 4.69) is 16.7 Å². The van der Waals surface area contributed by atoms with Crippen molar-refractivity contribution < 1.29 is 23.1 Å². The highest BCUT2D eigenvalue weighted by molar-refractivity contribution is 7.94. The molecule has 2 N–H and O–H groups in total. The first-order valence-corrected chi connectivity index (χ1v) is 15.5. The summed E-state index contributed by atoms with van der Waals surface area (Å²) in [5.74, 6) is 0.595. The van der Waals surface area contributed by atoms with Crippen LogP contribution in [-0.2, 0) is 10.0 Å². The molecule has 8 nitrogen and oxygen atoms in total. The Morgan fingerprint density at radius 1 is 1.19 bits per heavy atom. The van der Waals surface area contributed by atoms with Crippen LogP contribution in [0.25, 0.3) is 0 Å². The SMILES string of the molecule is C[C@H]1CN([C@@H](C)CO)C(=O)c2cccc(NS(=O)(=O)c3cccs3)c2O[C@@H]1CN(C)CC1CCCCC1. The van der Waals surface area contributed by atoms with Crippen LogP contribution < -0.4 is 9.46 Å². The van der Waals surface area contributed by atoms with Gasteiger partial charge in [0.2, 0.25) is 0 Å². The third-order valence-electron chi connectivity index (χ3n) is 7.48. The molecule has 0 unspecified atom stereocenters. The van der Waals surface area contributed by atoms with Crippen LogP contribution in [0.3, 0.4) is 0 Å². The van der Waals surface area contributed by atoms with Crippen molar-refractivity contribution in [2.45, 2.75) is 62.3 Å². The molecule has 204 valence electrons. The number of nitrogens with zero attached hydrogens (tertiary/aromatic N) is 2. The third-order valence-corrected chi connectivity index (χ3v) is 10.2. The molecule has 1 amide bonds. The molecular weight excluding hydrogens is 510 g/mol. The number of benzene rings is 1. The van der Waals surface area contributed by atoms with E-state index in [0.717, 1.165) is 17.9 Å². The predicted molar refractivity (Wildman–Crippen MR) is 147 cm³/mol. The number of hydrogen-bond acceptors (Lipinski definition) is 7. The number of hydrogen-bond donors (Lipinski definition) is 2. The number of thiophene rings is 1. The highest BCUT2D eigenvalue weighted by atomic mass is 32.2. The number of para-hydroxylation sites is 1. The quantitative estimate of drug-likeness (QED) is 0.484. The van der Waals surface area contributed by atoms with Gasteiger partial charge in [-0.15, -0.1) is 11.3 Å². The normalized spacial score (nSPS) is 22.2. The Bertz CT molecular complexity index is 1150. The Balaban J connectivity index is 1.67. The molecule has 1 fully saturated rings. The van der Waals surface area contributed by atoms with Crippen LogP contribution in [0.15, 0.2) is 39.9 Å². The number of ether oxygens (including phenoxy) is 1. The predicted octanol–water partition coefficient (Wildman–Crippen LogP) is 4.28. The number of carbonyl (C=O) groups is 1. The summed E-state index contributed by atoms with van der Waals surface area (Å²) in [7, 11) is -1.73. The van der Waals surface area contributed by atoms with Gasteiger partial charge in [0.05, 0.1) is 23.9 Å². The van der Waals surface area contributed by atoms with Gasteiger partial charge in [-0.1, -0.05) is 38.3 Å². The number of anilines is 1. The lowest BCUT2D eigenvalue weighted by molar-refractivity contribution is 0.0333. The maximum Gasteiger partial charge on any atom is 0.271 e. The number of aliphatic hydroxyl groups is 1. The van der Waals surface area contributed by atoms with Crippen molar-refractivity contribution in [1.82, 2.24) is 9.80 Å². The van der Waals surface area contributed by atoms with E-state index in [1.54, 1.807) is 40.6 Å². The molecule has 1 saturated carbocycles. The topological polar surface area (TPSA) is 99.2 Å². The summed E-state index contributed by atoms with van der Waals surface area (Å²) in [4.78, 5) is 17.6. The molecule has 2 aromatic rings. The van der Waals surface area contributed by atoms with E-state index in [1.807, 2.05) is 13.8 Å². The Labute approximate surface area is 224 Å². The first-order valence-electron chi connectivity index (χ1n) is 13.2. The summed E-state index contributed by atoms with van der Waals surface area (Å²) >= 11 is 1.13. The third kappa shape index (κ3) is 6.66. The summed E-state index contributed by atoms with van der Waals surface area (Å²) in [6.45, 7) is 5.78. The van der Waals surface area contributed by atoms with Crippen molar-refractivity contribution in [3.63, 3.8) is 0 Å². The Kier molecular flexibility index (Phi) is 9.15. The molecule has 0 spiro atoms. The van der Waals surface area contributed by atoms with Crippen molar-refractivity contribution in [3.8, 4) is 5.75 Å². The molecule has 4 rings (SSSR count). The van der Waals surface area contributed by atoms with E-state index in [-0.39, 0.29) is 46.2 Å². The molecule has 1 aromatic carbocycles. The van der Waals surface area contributed by atoms with Gasteiger partial charge < -0.3 is 19.6 Å². The molecule has 1 aliphatic carbocycles. The van der Waals surface area contributed by atoms with Crippen LogP contribution in [0, 0.1) is 11.8 Å². The van der Waals surface area contributed by atoms with Crippen molar-refractivity contribution >= 4 is 33.0 Å². The maximum absolute atomic E-state index is 13.6. The molecule has 2 aliphatic rings. The van der Waals surface area contributed by atoms with Crippen molar-refractivity contribution in [2.75, 3.05) is 38.0 Å². The average molecular weight is 550 g/mol. The fraction of sp³-hybridized carbons (Fsp3) is 0.593. The van der Waals surface area contributed by atoms with Crippen LogP contribution >= 0.6 is 11.3 Å². The number of aliphatic hydroxyl groups excluding tert-OH is 1. The largest absolute Gasteiger partial charge is 0.486 e. The first-order chi connectivity index (χ1) is 17.7. The zero-order valence-electron chi connectivity index (χ0n) is 21.9. The van der Waals surface area contributed by atoms with Crippen LogP contribution in [-0.4, -0.2) is 74.7 Å². The molecule has 3 atom stereocenters. The summed E-state index contributed by atoms with van der Waals surface area (Å²) in [6, 6.07) is 7.80. The van der Waals surface area contributed by atoms with Gasteiger partial charge >= 0.3 is 0 Å². The number of rotatable bonds is 9. The molecule has 37 heavy (non-hydrogen) atoms. The zero-order valence-corrected chi connectivity index (χ0v) is 23.6. The Morgan fingerprint density at radius 2 is 1.95 bits per heavy atom. The van der Waals surface area contributed by atoms with E-state index < -0.39 is 10.0 Å². The monoisotopic (exact) mass is 549 g/mol. The van der Waals surface area contributed by atoms with Gasteiger partial charge in [-0.25, -0.2) is 8.42 Å². The minimum Gasteiger partial charge on any atom is -0.486 e. The van der Waals surface area contributed by atoms with Crippen molar-refractivity contribution in [2.24, 2.45) is 11.8 Å². The second-order valence-electron chi connectivity index (χ2n) is 10.6. The lowest BCUT2D eigenvalue weighted by Gasteiger charge is -2.39. The first kappa shape index (κ1) is 27.9. The average Bonchev–Trinajstić information content (AvgIpc) is 3.43. The molecular formula is C27H39N3O5S2. The van der Waals surface area contributed by atoms with E-state index in [1.165, 1.54) is 32.1 Å². The number of nitrogens with one attached hydrogen (secondary N) is 1. The molecule has 1 aromatic heterocycles. The second kappa shape index (κ2) is 12.1. The number of amides is 1. The smallest absolute Gasteiger partial charge is 0.271 e. The summed E-state index contributed by atoms with van der Waals surface area (Å²) < 4.78 is 35.5. The maximum atomic E-state index is 13.6. The standard InChI is InChI=1S/C27H39N3O5S2/c1-19-15-30(20(2)18-31)27(32)22-11-7-12-23(28-37(33,34)25-13-8-14-36-25)26(22)35-24(19)17-29(3)16-21-9-5-4-6-10-21/h7-8,11-14,19-21,24,28,31H,4-6,9-10,15-18H2,1-3H3/t19-,20-,24+/m0/s1. The van der Waals surface area contributed by atoms with Crippen molar-refractivity contribution in [1.29, 1.82) is 0 Å². The van der Waals surface area contributed by atoms with E-state index >= 15 is 0 Å². The summed E-state index contributed by atoms with van der Waals surface area (Å²) in [5.41, 5.74) is 0.531. The highest BCUT2D eigenvalue weighted by Gasteiger charge is 2.35. The van der Waals surface area contributed by atoms with Crippen LogP contribution in [0.5, 0.6) is 5.75 Å². The van der Waals surface area contributed by atoms with Crippen LogP contribution in [0.2, 0.25) is 0 Å². The zero-order chi connectivity index (χ0) is 26.6. The number of likely N-dealkylation sites (N-methyl/N-ethyl adjacent to an activating group) is 1. The second-order valence-corrected chi connectivity index (χ2v) is 13.4. The molecule has 2 heterocycles. The van der Waals surface area contributed by atoms with Crippen LogP contribution in [0.1, 0.15) is 56.3 Å². The molecule has 0 radical (unpaired) electrons. The molecule has 1 aliphatic heterocycles. The van der Waals surface area contributed by atoms with E-state index in [9.17, 15) is 18.3 Å². The molecule has 0 saturated heterocycles. The van der Waals surface area contributed by atoms with Gasteiger partial charge in [-0.05, 0) is 56.3 Å². The van der Waals surface area contributed by atoms with Gasteiger partial charge in [0.25, 0.3) is 15.9 Å². The fourth-order valence-electron chi connectivity index (χ4n) is 5.35. The summed E-state index contributed by atoms with van der Waals surface area (Å²) in [6.07, 6.45) is 6.11. The van der Waals surface area contributed by atoms with Gasteiger partial charge in [0.1, 0.15) is 10.3 Å². The van der Waals surface area contributed by atoms with E-state index in [4.69, 9.17) is 4.74 Å². The van der Waals surface area contributed by atoms with Crippen molar-refractivity contribution in [3.05, 3.63) is 41.3 Å². The lowest BCUT2D eigenvalue weighted by atomic mass is 9.89. The highest BCUT2D eigenvalue weighted by Crippen LogP contribution is 2.36.